The van der Waals surface area contributed by atoms with E-state index in [-0.39, 0.29) is 0 Å². The fraction of sp³-hybridized carbons (Fsp3) is 0.429. The Balaban J connectivity index is 2.03. The summed E-state index contributed by atoms with van der Waals surface area (Å²) < 4.78 is 0. The van der Waals surface area contributed by atoms with Gasteiger partial charge in [0.2, 0.25) is 0 Å². The predicted octanol–water partition coefficient (Wildman–Crippen LogP) is 2.32. The molecule has 2 heterocycles. The Kier molecular flexibility index (Phi) is 4.81. The molecule has 20 heavy (non-hydrogen) atoms. The van der Waals surface area contributed by atoms with Crippen LogP contribution in [0.25, 0.3) is 0 Å². The minimum absolute atomic E-state index is 0.596. The van der Waals surface area contributed by atoms with Crippen molar-refractivity contribution in [2.45, 2.75) is 33.7 Å². The van der Waals surface area contributed by atoms with Gasteiger partial charge in [-0.25, -0.2) is 9.97 Å². The molecule has 0 saturated heterocycles. The molecule has 0 radical (unpaired) electrons. The lowest BCUT2D eigenvalue weighted by atomic mass is 10.3. The van der Waals surface area contributed by atoms with Crippen LogP contribution in [0, 0.1) is 13.8 Å². The molecule has 0 aliphatic heterocycles. The zero-order chi connectivity index (χ0) is 14.4. The highest BCUT2D eigenvalue weighted by molar-refractivity contribution is 5.56. The third-order valence-corrected chi connectivity index (χ3v) is 2.90. The van der Waals surface area contributed by atoms with Crippen molar-refractivity contribution in [3.8, 4) is 0 Å². The Morgan fingerprint density at radius 3 is 2.35 bits per heavy atom. The highest BCUT2D eigenvalue weighted by Gasteiger charge is 2.06. The number of nitrogens with one attached hydrogen (secondary N) is 2. The maximum absolute atomic E-state index is 4.31. The first-order valence-corrected chi connectivity index (χ1v) is 6.77. The van der Waals surface area contributed by atoms with Crippen LogP contribution < -0.4 is 10.6 Å². The molecule has 0 amide bonds. The average molecular weight is 272 g/mol. The molecule has 0 saturated carbocycles. The Bertz CT molecular complexity index is 552. The monoisotopic (exact) mass is 272 g/mol. The van der Waals surface area contributed by atoms with Crippen LogP contribution in [-0.2, 0) is 6.54 Å². The molecular weight excluding hydrogens is 252 g/mol. The van der Waals surface area contributed by atoms with Gasteiger partial charge in [-0.15, -0.1) is 0 Å². The molecule has 0 aliphatic carbocycles. The van der Waals surface area contributed by atoms with Gasteiger partial charge >= 0.3 is 0 Å². The summed E-state index contributed by atoms with van der Waals surface area (Å²) >= 11 is 0. The number of aromatic nitrogens is 4. The van der Waals surface area contributed by atoms with E-state index in [1.54, 1.807) is 18.7 Å². The van der Waals surface area contributed by atoms with E-state index in [2.05, 4.69) is 37.5 Å². The molecule has 0 unspecified atom stereocenters. The van der Waals surface area contributed by atoms with Crippen LogP contribution in [-0.4, -0.2) is 26.5 Å². The molecule has 6 heteroatoms. The number of anilines is 2. The van der Waals surface area contributed by atoms with Crippen LogP contribution in [0.3, 0.4) is 0 Å². The van der Waals surface area contributed by atoms with Gasteiger partial charge in [0.1, 0.15) is 18.0 Å². The molecule has 0 atom stereocenters. The average Bonchev–Trinajstić information content (AvgIpc) is 2.47. The summed E-state index contributed by atoms with van der Waals surface area (Å²) in [5, 5.41) is 6.56. The zero-order valence-electron chi connectivity index (χ0n) is 12.1. The highest BCUT2D eigenvalue weighted by atomic mass is 15.1. The molecule has 6 nitrogen and oxygen atoms in total. The van der Waals surface area contributed by atoms with E-state index in [9.17, 15) is 0 Å². The van der Waals surface area contributed by atoms with E-state index in [0.717, 1.165) is 41.6 Å². The number of nitrogens with zero attached hydrogens (tertiary/aromatic N) is 4. The standard InChI is InChI=1S/C14H20N6/c1-4-5-15-13-11(3)14(20-9-19-13)18-8-12-7-16-10(2)6-17-12/h6-7,9H,4-5,8H2,1-3H3,(H2,15,18,19,20). The third-order valence-electron chi connectivity index (χ3n) is 2.90. The third kappa shape index (κ3) is 3.63. The Morgan fingerprint density at radius 2 is 1.70 bits per heavy atom. The molecule has 2 aromatic rings. The van der Waals surface area contributed by atoms with E-state index in [1.165, 1.54) is 0 Å². The lowest BCUT2D eigenvalue weighted by molar-refractivity contribution is 0.948. The first-order valence-electron chi connectivity index (χ1n) is 6.77. The summed E-state index contributed by atoms with van der Waals surface area (Å²) in [6.45, 7) is 7.55. The number of hydrogen-bond acceptors (Lipinski definition) is 6. The van der Waals surface area contributed by atoms with Crippen molar-refractivity contribution < 1.29 is 0 Å². The Labute approximate surface area is 119 Å². The van der Waals surface area contributed by atoms with Gasteiger partial charge in [-0.2, -0.15) is 0 Å². The van der Waals surface area contributed by atoms with Gasteiger partial charge in [0.05, 0.1) is 24.1 Å². The molecule has 0 bridgehead atoms. The second-order valence-electron chi connectivity index (χ2n) is 4.63. The topological polar surface area (TPSA) is 75.6 Å². The SMILES string of the molecule is CCCNc1ncnc(NCc2cnc(C)cn2)c1C. The molecule has 0 aromatic carbocycles. The molecule has 0 aliphatic rings. The van der Waals surface area contributed by atoms with Crippen molar-refractivity contribution in [2.75, 3.05) is 17.2 Å². The van der Waals surface area contributed by atoms with Crippen LogP contribution in [0.2, 0.25) is 0 Å². The van der Waals surface area contributed by atoms with Gasteiger partial charge in [0, 0.05) is 18.3 Å². The number of hydrogen-bond donors (Lipinski definition) is 2. The van der Waals surface area contributed by atoms with Gasteiger partial charge in [-0.1, -0.05) is 6.92 Å². The quantitative estimate of drug-likeness (QED) is 0.840. The van der Waals surface area contributed by atoms with Crippen molar-refractivity contribution >= 4 is 11.6 Å². The van der Waals surface area contributed by atoms with Crippen LogP contribution in [0.4, 0.5) is 11.6 Å². The number of rotatable bonds is 6. The first-order chi connectivity index (χ1) is 9.70. The summed E-state index contributed by atoms with van der Waals surface area (Å²) in [5.74, 6) is 1.69. The van der Waals surface area contributed by atoms with Gasteiger partial charge < -0.3 is 10.6 Å². The molecule has 106 valence electrons. The fourth-order valence-corrected chi connectivity index (χ4v) is 1.73. The summed E-state index contributed by atoms with van der Waals surface area (Å²) in [5.41, 5.74) is 2.82. The first kappa shape index (κ1) is 14.2. The van der Waals surface area contributed by atoms with Crippen molar-refractivity contribution in [3.63, 3.8) is 0 Å². The van der Waals surface area contributed by atoms with Crippen LogP contribution in [0.15, 0.2) is 18.7 Å². The lowest BCUT2D eigenvalue weighted by Crippen LogP contribution is -2.09. The van der Waals surface area contributed by atoms with Crippen LogP contribution in [0.5, 0.6) is 0 Å². The van der Waals surface area contributed by atoms with Gasteiger partial charge in [-0.3, -0.25) is 9.97 Å². The minimum atomic E-state index is 0.596. The summed E-state index contributed by atoms with van der Waals surface area (Å²) in [6.07, 6.45) is 6.16. The van der Waals surface area contributed by atoms with E-state index in [0.29, 0.717) is 6.54 Å². The molecule has 0 fully saturated rings. The minimum Gasteiger partial charge on any atom is -0.370 e. The smallest absolute Gasteiger partial charge is 0.134 e. The van der Waals surface area contributed by atoms with E-state index < -0.39 is 0 Å². The summed E-state index contributed by atoms with van der Waals surface area (Å²) in [7, 11) is 0. The summed E-state index contributed by atoms with van der Waals surface area (Å²) in [4.78, 5) is 17.1. The van der Waals surface area contributed by atoms with Gasteiger partial charge in [0.25, 0.3) is 0 Å². The lowest BCUT2D eigenvalue weighted by Gasteiger charge is -2.12. The molecule has 2 N–H and O–H groups in total. The van der Waals surface area contributed by atoms with E-state index >= 15 is 0 Å². The Hall–Kier alpha value is -2.24. The highest BCUT2D eigenvalue weighted by Crippen LogP contribution is 2.18. The molecule has 2 aromatic heterocycles. The fourth-order valence-electron chi connectivity index (χ4n) is 1.73. The second kappa shape index (κ2) is 6.79. The Morgan fingerprint density at radius 1 is 0.950 bits per heavy atom. The summed E-state index contributed by atoms with van der Waals surface area (Å²) in [6, 6.07) is 0. The maximum Gasteiger partial charge on any atom is 0.134 e. The zero-order valence-corrected chi connectivity index (χ0v) is 12.1. The molecule has 2 rings (SSSR count). The van der Waals surface area contributed by atoms with Crippen LogP contribution >= 0.6 is 0 Å². The maximum atomic E-state index is 4.31. The van der Waals surface area contributed by atoms with Crippen molar-refractivity contribution in [3.05, 3.63) is 35.7 Å². The van der Waals surface area contributed by atoms with Gasteiger partial charge in [0.15, 0.2) is 0 Å². The molecular formula is C14H20N6. The van der Waals surface area contributed by atoms with Crippen molar-refractivity contribution in [1.29, 1.82) is 0 Å². The number of aryl methyl sites for hydroxylation is 1. The van der Waals surface area contributed by atoms with Gasteiger partial charge in [-0.05, 0) is 20.3 Å². The molecule has 0 spiro atoms. The second-order valence-corrected chi connectivity index (χ2v) is 4.63. The van der Waals surface area contributed by atoms with Crippen LogP contribution in [0.1, 0.15) is 30.3 Å². The van der Waals surface area contributed by atoms with Crippen molar-refractivity contribution in [2.24, 2.45) is 0 Å². The predicted molar refractivity (Wildman–Crippen MR) is 79.6 cm³/mol. The van der Waals surface area contributed by atoms with Crippen molar-refractivity contribution in [1.82, 2.24) is 19.9 Å². The largest absolute Gasteiger partial charge is 0.370 e. The van der Waals surface area contributed by atoms with E-state index in [1.807, 2.05) is 13.8 Å². The normalized spacial score (nSPS) is 10.3. The van der Waals surface area contributed by atoms with E-state index in [4.69, 9.17) is 0 Å².